The number of carbonyl (C=O) groups excluding carboxylic acids is 1. The van der Waals surface area contributed by atoms with Crippen LogP contribution < -0.4 is 4.65 Å². The van der Waals surface area contributed by atoms with Gasteiger partial charge in [-0.2, -0.15) is 0 Å². The summed E-state index contributed by atoms with van der Waals surface area (Å²) in [5.41, 5.74) is 2.18. The van der Waals surface area contributed by atoms with E-state index in [4.69, 9.17) is 37.4 Å². The molecule has 0 saturated heterocycles. The number of halogens is 1. The molecule has 24 heavy (non-hydrogen) atoms. The van der Waals surface area contributed by atoms with Gasteiger partial charge in [0.1, 0.15) is 12.3 Å². The molecular weight excluding hydrogens is 329 g/mol. The number of hydrogen-bond acceptors (Lipinski definition) is 4. The van der Waals surface area contributed by atoms with Gasteiger partial charge in [-0.15, -0.1) is 0 Å². The van der Waals surface area contributed by atoms with Gasteiger partial charge in [-0.3, -0.25) is 9.59 Å². The van der Waals surface area contributed by atoms with Gasteiger partial charge in [0.2, 0.25) is 7.98 Å². The van der Waals surface area contributed by atoms with Crippen LogP contribution in [-0.2, 0) is 4.79 Å². The maximum Gasteiger partial charge on any atom is 0.374 e. The van der Waals surface area contributed by atoms with Gasteiger partial charge in [0.05, 0.1) is 0 Å². The number of carboxylic acids is 1. The summed E-state index contributed by atoms with van der Waals surface area (Å²) in [5, 5.41) is 9.23. The molecule has 4 radical (unpaired) electrons. The van der Waals surface area contributed by atoms with Crippen molar-refractivity contribution in [1.29, 1.82) is 0 Å². The van der Waals surface area contributed by atoms with E-state index in [1.54, 1.807) is 12.1 Å². The second kappa shape index (κ2) is 7.40. The fourth-order valence-corrected chi connectivity index (χ4v) is 2.27. The minimum Gasteiger partial charge on any atom is -0.566 e. The molecule has 118 valence electrons. The molecule has 6 nitrogen and oxygen atoms in total. The van der Waals surface area contributed by atoms with Crippen molar-refractivity contribution in [3.63, 3.8) is 0 Å². The molecule has 2 rings (SSSR count). The zero-order chi connectivity index (χ0) is 17.9. The lowest BCUT2D eigenvalue weighted by molar-refractivity contribution is -0.136. The van der Waals surface area contributed by atoms with Crippen molar-refractivity contribution in [2.24, 2.45) is 0 Å². The monoisotopic (exact) mass is 340 g/mol. The summed E-state index contributed by atoms with van der Waals surface area (Å²) in [5.74, 6) is -2.11. The molecule has 0 atom stereocenters. The summed E-state index contributed by atoms with van der Waals surface area (Å²) in [6.45, 7) is 1.21. The number of carboxylic acid groups (broad SMARTS) is 1. The molecule has 0 saturated carbocycles. The van der Waals surface area contributed by atoms with E-state index in [9.17, 15) is 9.59 Å². The number of nitrogens with zero attached hydrogens (tertiary/aromatic N) is 2. The highest BCUT2D eigenvalue weighted by molar-refractivity contribution is 6.30. The minimum absolute atomic E-state index is 0.0299. The minimum atomic E-state index is -1.26. The highest BCUT2D eigenvalue weighted by Gasteiger charge is 2.20. The highest BCUT2D eigenvalue weighted by atomic mass is 35.5. The van der Waals surface area contributed by atoms with E-state index in [1.807, 2.05) is 13.0 Å². The average molecular weight is 340 g/mol. The van der Waals surface area contributed by atoms with Crippen molar-refractivity contribution in [1.82, 2.24) is 9.79 Å². The lowest BCUT2D eigenvalue weighted by Crippen LogP contribution is -2.34. The number of aromatic nitrogens is 1. The van der Waals surface area contributed by atoms with Crippen LogP contribution in [-0.4, -0.2) is 49.4 Å². The van der Waals surface area contributed by atoms with Gasteiger partial charge in [-0.05, 0) is 36.2 Å². The number of aliphatic carboxylic acids is 1. The summed E-state index contributed by atoms with van der Waals surface area (Å²) in [4.78, 5) is 27.3. The molecule has 1 N–H and O–H groups in total. The van der Waals surface area contributed by atoms with Gasteiger partial charge >= 0.3 is 14.0 Å². The maximum absolute atomic E-state index is 12.1. The van der Waals surface area contributed by atoms with Crippen LogP contribution in [0.4, 0.5) is 0 Å². The Morgan fingerprint density at radius 3 is 2.71 bits per heavy atom. The molecule has 0 aliphatic heterocycles. The van der Waals surface area contributed by atoms with Crippen LogP contribution in [0.1, 0.15) is 16.1 Å². The van der Waals surface area contributed by atoms with Crippen LogP contribution in [0.2, 0.25) is 5.02 Å². The molecule has 1 heterocycles. The summed E-state index contributed by atoms with van der Waals surface area (Å²) in [7, 11) is 10.6. The summed E-state index contributed by atoms with van der Waals surface area (Å²) < 4.78 is 4.71. The maximum atomic E-state index is 12.1. The third-order valence-electron chi connectivity index (χ3n) is 3.26. The fourth-order valence-electron chi connectivity index (χ4n) is 2.10. The number of amides is 1. The van der Waals surface area contributed by atoms with E-state index in [2.05, 4.69) is 4.98 Å². The average Bonchev–Trinajstić information content (AvgIpc) is 2.55. The fraction of sp³-hybridized carbons (Fsp3) is 0.133. The summed E-state index contributed by atoms with van der Waals surface area (Å²) in [6, 6.07) is 6.85. The van der Waals surface area contributed by atoms with Gasteiger partial charge < -0.3 is 14.6 Å². The van der Waals surface area contributed by atoms with Gasteiger partial charge in [0.25, 0.3) is 5.91 Å². The number of aryl methyl sites for hydroxylation is 1. The van der Waals surface area contributed by atoms with Crippen LogP contribution in [0.15, 0.2) is 30.5 Å². The van der Waals surface area contributed by atoms with Crippen molar-refractivity contribution >= 4 is 39.5 Å². The third-order valence-corrected chi connectivity index (χ3v) is 3.49. The first kappa shape index (κ1) is 17.9. The van der Waals surface area contributed by atoms with Crippen molar-refractivity contribution in [3.05, 3.63) is 46.7 Å². The second-order valence-electron chi connectivity index (χ2n) is 4.97. The Bertz CT molecular complexity index is 801. The predicted octanol–water partition coefficient (Wildman–Crippen LogP) is 1.78. The van der Waals surface area contributed by atoms with Crippen LogP contribution in [0, 0.1) is 6.92 Å². The van der Waals surface area contributed by atoms with Crippen LogP contribution >= 0.6 is 11.6 Å². The van der Waals surface area contributed by atoms with Gasteiger partial charge in [0.15, 0.2) is 5.69 Å². The van der Waals surface area contributed by atoms with E-state index < -0.39 is 18.4 Å². The lowest BCUT2D eigenvalue weighted by atomic mass is 10.0. The molecule has 9 heteroatoms. The van der Waals surface area contributed by atoms with E-state index in [0.717, 1.165) is 11.1 Å². The first-order valence-corrected chi connectivity index (χ1v) is 7.13. The summed E-state index contributed by atoms with van der Waals surface area (Å²) >= 11 is 6.00. The first-order valence-electron chi connectivity index (χ1n) is 6.75. The molecule has 2 aromatic rings. The molecular formula is C15H11B2ClN2O4. The second-order valence-corrected chi connectivity index (χ2v) is 5.41. The number of benzene rings is 1. The number of hydrogen-bond donors (Lipinski definition) is 1. The Morgan fingerprint density at radius 1 is 1.38 bits per heavy atom. The molecule has 0 aliphatic rings. The summed E-state index contributed by atoms with van der Waals surface area (Å²) in [6.07, 6.45) is 1.43. The lowest BCUT2D eigenvalue weighted by Gasteiger charge is -2.17. The molecule has 1 aromatic heterocycles. The molecule has 0 unspecified atom stereocenters. The van der Waals surface area contributed by atoms with Crippen molar-refractivity contribution in [3.8, 4) is 16.9 Å². The Morgan fingerprint density at radius 2 is 2.08 bits per heavy atom. The number of rotatable bonds is 5. The Kier molecular flexibility index (Phi) is 5.51. The number of pyridine rings is 1. The van der Waals surface area contributed by atoms with E-state index in [1.165, 1.54) is 12.3 Å². The van der Waals surface area contributed by atoms with E-state index in [0.29, 0.717) is 15.4 Å². The molecule has 0 aliphatic carbocycles. The quantitative estimate of drug-likeness (QED) is 0.840. The van der Waals surface area contributed by atoms with Gasteiger partial charge in [0, 0.05) is 16.8 Å². The zero-order valence-electron chi connectivity index (χ0n) is 12.7. The number of carbonyl (C=O) groups is 2. The third kappa shape index (κ3) is 3.89. The zero-order valence-corrected chi connectivity index (χ0v) is 13.4. The van der Waals surface area contributed by atoms with E-state index in [-0.39, 0.29) is 11.4 Å². The van der Waals surface area contributed by atoms with Gasteiger partial charge in [-0.25, -0.2) is 4.98 Å². The SMILES string of the molecule is [B]Oc1cc(-c2cc(Cl)ccc2C)cnc1C(=O)N([B])CC(=O)O. The standard InChI is InChI=1S/C15H11B2ClN2O4/c1-8-2-3-10(18)5-11(8)9-4-12(24-17)14(19-6-9)15(23)20(16)7-13(21)22/h2-6H,7H2,1H3,(H,21,22). The molecule has 0 spiro atoms. The molecule has 1 amide bonds. The smallest absolute Gasteiger partial charge is 0.374 e. The van der Waals surface area contributed by atoms with Crippen LogP contribution in [0.25, 0.3) is 11.1 Å². The van der Waals surface area contributed by atoms with Crippen molar-refractivity contribution in [2.75, 3.05) is 6.54 Å². The van der Waals surface area contributed by atoms with Crippen LogP contribution in [0.5, 0.6) is 5.75 Å². The largest absolute Gasteiger partial charge is 0.566 e. The van der Waals surface area contributed by atoms with Crippen molar-refractivity contribution < 1.29 is 19.3 Å². The Labute approximate surface area is 146 Å². The normalized spacial score (nSPS) is 10.2. The highest BCUT2D eigenvalue weighted by Crippen LogP contribution is 2.30. The first-order chi connectivity index (χ1) is 11.3. The predicted molar refractivity (Wildman–Crippen MR) is 90.2 cm³/mol. The molecule has 0 bridgehead atoms. The Hall–Kier alpha value is -2.47. The Balaban J connectivity index is 2.42. The molecule has 1 aromatic carbocycles. The van der Waals surface area contributed by atoms with Crippen LogP contribution in [0.3, 0.4) is 0 Å². The molecule has 0 fully saturated rings. The van der Waals surface area contributed by atoms with Crippen molar-refractivity contribution in [2.45, 2.75) is 6.92 Å². The topological polar surface area (TPSA) is 79.7 Å². The van der Waals surface area contributed by atoms with E-state index >= 15 is 0 Å². The van der Waals surface area contributed by atoms with Gasteiger partial charge in [-0.1, -0.05) is 17.7 Å².